The van der Waals surface area contributed by atoms with Crippen molar-refractivity contribution in [2.24, 2.45) is 0 Å². The quantitative estimate of drug-likeness (QED) is 0.736. The van der Waals surface area contributed by atoms with Crippen molar-refractivity contribution < 1.29 is 14.3 Å². The van der Waals surface area contributed by atoms with Gasteiger partial charge in [-0.2, -0.15) is 0 Å². The molecule has 0 bridgehead atoms. The minimum absolute atomic E-state index is 0.627. The van der Waals surface area contributed by atoms with E-state index in [1.165, 1.54) is 0 Å². The highest BCUT2D eigenvalue weighted by molar-refractivity contribution is 5.81. The topological polar surface area (TPSA) is 38.8 Å². The molecule has 4 heteroatoms. The smallest absolute Gasteiger partial charge is 0.150 e. The molecule has 0 N–H and O–H groups in total. The van der Waals surface area contributed by atoms with Gasteiger partial charge < -0.3 is 14.4 Å². The molecule has 0 atom stereocenters. The van der Waals surface area contributed by atoms with E-state index in [1.807, 2.05) is 44.4 Å². The second-order valence-electron chi connectivity index (χ2n) is 5.25. The predicted octanol–water partition coefficient (Wildman–Crippen LogP) is 3.12. The molecule has 0 aliphatic carbocycles. The Morgan fingerprint density at radius 2 is 1.82 bits per heavy atom. The van der Waals surface area contributed by atoms with Gasteiger partial charge in [-0.25, -0.2) is 0 Å². The molecular formula is C18H21NO3. The number of methoxy groups -OCH3 is 1. The lowest BCUT2D eigenvalue weighted by molar-refractivity contribution is 0.112. The molecule has 0 aliphatic heterocycles. The molecule has 0 unspecified atom stereocenters. The Morgan fingerprint density at radius 1 is 1.09 bits per heavy atom. The van der Waals surface area contributed by atoms with E-state index in [-0.39, 0.29) is 0 Å². The van der Waals surface area contributed by atoms with Crippen LogP contribution < -0.4 is 9.47 Å². The number of carbonyl (C=O) groups excluding carboxylic acids is 1. The fourth-order valence-corrected chi connectivity index (χ4v) is 2.10. The van der Waals surface area contributed by atoms with Crippen LogP contribution in [-0.4, -0.2) is 45.5 Å². The van der Waals surface area contributed by atoms with Crippen LogP contribution in [0.5, 0.6) is 11.5 Å². The minimum Gasteiger partial charge on any atom is -0.496 e. The van der Waals surface area contributed by atoms with Crippen molar-refractivity contribution in [2.45, 2.75) is 0 Å². The molecule has 0 aromatic heterocycles. The molecule has 0 amide bonds. The Bertz CT molecular complexity index is 621. The van der Waals surface area contributed by atoms with E-state index < -0.39 is 0 Å². The molecule has 2 rings (SSSR count). The molecule has 0 saturated heterocycles. The van der Waals surface area contributed by atoms with Crippen molar-refractivity contribution in [1.29, 1.82) is 0 Å². The van der Waals surface area contributed by atoms with Crippen molar-refractivity contribution in [3.8, 4) is 22.6 Å². The zero-order valence-electron chi connectivity index (χ0n) is 13.2. The molecule has 2 aromatic carbocycles. The highest BCUT2D eigenvalue weighted by Crippen LogP contribution is 2.31. The summed E-state index contributed by atoms with van der Waals surface area (Å²) in [5.41, 5.74) is 2.51. The van der Waals surface area contributed by atoms with Gasteiger partial charge in [0, 0.05) is 17.7 Å². The van der Waals surface area contributed by atoms with Gasteiger partial charge in [0.05, 0.1) is 7.11 Å². The third kappa shape index (κ3) is 4.09. The Hall–Kier alpha value is -2.33. The summed E-state index contributed by atoms with van der Waals surface area (Å²) in [6.45, 7) is 1.52. The highest BCUT2D eigenvalue weighted by atomic mass is 16.5. The molecule has 0 saturated carbocycles. The summed E-state index contributed by atoms with van der Waals surface area (Å²) in [7, 11) is 5.65. The fourth-order valence-electron chi connectivity index (χ4n) is 2.10. The van der Waals surface area contributed by atoms with Gasteiger partial charge in [-0.1, -0.05) is 12.1 Å². The summed E-state index contributed by atoms with van der Waals surface area (Å²) < 4.78 is 11.0. The maximum atomic E-state index is 11.0. The van der Waals surface area contributed by atoms with E-state index in [0.717, 1.165) is 35.5 Å². The maximum Gasteiger partial charge on any atom is 0.150 e. The zero-order valence-corrected chi connectivity index (χ0v) is 13.2. The van der Waals surface area contributed by atoms with Crippen LogP contribution in [0.1, 0.15) is 10.4 Å². The van der Waals surface area contributed by atoms with Gasteiger partial charge in [-0.15, -0.1) is 0 Å². The number of rotatable bonds is 7. The van der Waals surface area contributed by atoms with E-state index in [4.69, 9.17) is 9.47 Å². The number of ether oxygens (including phenoxy) is 2. The van der Waals surface area contributed by atoms with Crippen LogP contribution in [0.2, 0.25) is 0 Å². The van der Waals surface area contributed by atoms with Gasteiger partial charge in [0.2, 0.25) is 0 Å². The van der Waals surface area contributed by atoms with Gasteiger partial charge in [-0.05, 0) is 50.0 Å². The lowest BCUT2D eigenvalue weighted by Crippen LogP contribution is -2.19. The Balaban J connectivity index is 2.17. The van der Waals surface area contributed by atoms with Crippen molar-refractivity contribution >= 4 is 6.29 Å². The molecule has 0 radical (unpaired) electrons. The van der Waals surface area contributed by atoms with Gasteiger partial charge >= 0.3 is 0 Å². The monoisotopic (exact) mass is 299 g/mol. The lowest BCUT2D eigenvalue weighted by Gasteiger charge is -2.12. The summed E-state index contributed by atoms with van der Waals surface area (Å²) >= 11 is 0. The first-order valence-electron chi connectivity index (χ1n) is 7.15. The Labute approximate surface area is 131 Å². The average Bonchev–Trinajstić information content (AvgIpc) is 2.54. The number of hydrogen-bond acceptors (Lipinski definition) is 4. The Kier molecular flexibility index (Phi) is 5.55. The summed E-state index contributed by atoms with van der Waals surface area (Å²) in [6.07, 6.45) is 0.835. The number of carbonyl (C=O) groups is 1. The van der Waals surface area contributed by atoms with Crippen LogP contribution in [0.3, 0.4) is 0 Å². The summed E-state index contributed by atoms with van der Waals surface area (Å²) in [6, 6.07) is 13.2. The number of benzene rings is 2. The van der Waals surface area contributed by atoms with Crippen LogP contribution in [0.15, 0.2) is 42.5 Å². The molecule has 22 heavy (non-hydrogen) atoms. The van der Waals surface area contributed by atoms with Gasteiger partial charge in [0.25, 0.3) is 0 Å². The molecule has 116 valence electrons. The molecule has 0 aliphatic rings. The lowest BCUT2D eigenvalue weighted by atomic mass is 10.0. The van der Waals surface area contributed by atoms with Gasteiger partial charge in [0.15, 0.2) is 0 Å². The first-order valence-corrected chi connectivity index (χ1v) is 7.15. The molecule has 0 heterocycles. The van der Waals surface area contributed by atoms with Crippen molar-refractivity contribution in [3.05, 3.63) is 48.0 Å². The SMILES string of the molecule is COc1ccc(C=O)cc1-c1ccc(OCCN(C)C)cc1. The van der Waals surface area contributed by atoms with Crippen LogP contribution in [-0.2, 0) is 0 Å². The number of aldehydes is 1. The third-order valence-corrected chi connectivity index (χ3v) is 3.33. The number of hydrogen-bond donors (Lipinski definition) is 0. The number of nitrogens with zero attached hydrogens (tertiary/aromatic N) is 1. The zero-order chi connectivity index (χ0) is 15.9. The summed E-state index contributed by atoms with van der Waals surface area (Å²) in [5.74, 6) is 1.57. The first kappa shape index (κ1) is 16.0. The van der Waals surface area contributed by atoms with Crippen LogP contribution in [0, 0.1) is 0 Å². The van der Waals surface area contributed by atoms with Crippen molar-refractivity contribution in [3.63, 3.8) is 0 Å². The second kappa shape index (κ2) is 7.61. The molecule has 4 nitrogen and oxygen atoms in total. The van der Waals surface area contributed by atoms with Gasteiger partial charge in [-0.3, -0.25) is 4.79 Å². The molecule has 0 fully saturated rings. The highest BCUT2D eigenvalue weighted by Gasteiger charge is 2.07. The Morgan fingerprint density at radius 3 is 2.41 bits per heavy atom. The van der Waals surface area contributed by atoms with E-state index in [2.05, 4.69) is 4.90 Å². The molecule has 0 spiro atoms. The normalized spacial score (nSPS) is 10.5. The average molecular weight is 299 g/mol. The van der Waals surface area contributed by atoms with Crippen LogP contribution >= 0.6 is 0 Å². The van der Waals surface area contributed by atoms with Crippen molar-refractivity contribution in [2.75, 3.05) is 34.4 Å². The van der Waals surface area contributed by atoms with E-state index in [1.54, 1.807) is 19.2 Å². The summed E-state index contributed by atoms with van der Waals surface area (Å²) in [4.78, 5) is 13.0. The minimum atomic E-state index is 0.627. The summed E-state index contributed by atoms with van der Waals surface area (Å²) in [5, 5.41) is 0. The predicted molar refractivity (Wildman–Crippen MR) is 87.9 cm³/mol. The van der Waals surface area contributed by atoms with Crippen LogP contribution in [0.25, 0.3) is 11.1 Å². The fraction of sp³-hybridized carbons (Fsp3) is 0.278. The third-order valence-electron chi connectivity index (χ3n) is 3.33. The largest absolute Gasteiger partial charge is 0.496 e. The van der Waals surface area contributed by atoms with Gasteiger partial charge in [0.1, 0.15) is 24.4 Å². The van der Waals surface area contributed by atoms with Crippen molar-refractivity contribution in [1.82, 2.24) is 4.90 Å². The first-order chi connectivity index (χ1) is 10.6. The van der Waals surface area contributed by atoms with E-state index in [0.29, 0.717) is 12.2 Å². The van der Waals surface area contributed by atoms with E-state index in [9.17, 15) is 4.79 Å². The molecule has 2 aromatic rings. The standard InChI is InChI=1S/C18H21NO3/c1-19(2)10-11-22-16-7-5-15(6-8-16)17-12-14(13-20)4-9-18(17)21-3/h4-9,12-13H,10-11H2,1-3H3. The van der Waals surface area contributed by atoms with E-state index >= 15 is 0 Å². The maximum absolute atomic E-state index is 11.0. The second-order valence-corrected chi connectivity index (χ2v) is 5.25. The van der Waals surface area contributed by atoms with Crippen LogP contribution in [0.4, 0.5) is 0 Å². The number of likely N-dealkylation sites (N-methyl/N-ethyl adjacent to an activating group) is 1. The molecular weight excluding hydrogens is 278 g/mol.